The lowest BCUT2D eigenvalue weighted by atomic mass is 9.94. The lowest BCUT2D eigenvalue weighted by molar-refractivity contribution is 0.121. The highest BCUT2D eigenvalue weighted by Gasteiger charge is 2.54. The fourth-order valence-electron chi connectivity index (χ4n) is 4.96. The maximum atomic E-state index is 12.1. The van der Waals surface area contributed by atoms with Crippen LogP contribution in [0.5, 0.6) is 0 Å². The second-order valence-corrected chi connectivity index (χ2v) is 9.10. The number of nitrogens with two attached hydrogens (primary N) is 1. The zero-order valence-corrected chi connectivity index (χ0v) is 12.7. The van der Waals surface area contributed by atoms with Crippen LogP contribution in [0.25, 0.3) is 0 Å². The smallest absolute Gasteiger partial charge is 0.152 e. The second kappa shape index (κ2) is 4.71. The van der Waals surface area contributed by atoms with E-state index in [-0.39, 0.29) is 10.8 Å². The number of nitrogens with zero attached hydrogens (tertiary/aromatic N) is 1. The number of hydrogen-bond acceptors (Lipinski definition) is 4. The molecule has 4 nitrogen and oxygen atoms in total. The van der Waals surface area contributed by atoms with Crippen LogP contribution in [0.2, 0.25) is 0 Å². The van der Waals surface area contributed by atoms with Crippen LogP contribution in [0, 0.1) is 11.8 Å². The summed E-state index contributed by atoms with van der Waals surface area (Å²) in [5.41, 5.74) is 5.81. The molecule has 0 amide bonds. The Hall–Kier alpha value is -0.130. The SMILES string of the molecule is CS(=O)(=O)C1CCCC1(CN)N1CC2CCCC2C1. The first-order chi connectivity index (χ1) is 8.97. The van der Waals surface area contributed by atoms with Gasteiger partial charge >= 0.3 is 0 Å². The fraction of sp³-hybridized carbons (Fsp3) is 1.00. The highest BCUT2D eigenvalue weighted by molar-refractivity contribution is 7.91. The van der Waals surface area contributed by atoms with Gasteiger partial charge in [0, 0.05) is 31.4 Å². The normalized spacial score (nSPS) is 43.8. The van der Waals surface area contributed by atoms with E-state index in [0.717, 1.165) is 44.2 Å². The van der Waals surface area contributed by atoms with E-state index in [1.54, 1.807) is 0 Å². The van der Waals surface area contributed by atoms with Crippen LogP contribution >= 0.6 is 0 Å². The molecule has 2 aliphatic carbocycles. The fourth-order valence-corrected chi connectivity index (χ4v) is 6.71. The second-order valence-electron chi connectivity index (χ2n) is 6.87. The third kappa shape index (κ3) is 2.14. The third-order valence-electron chi connectivity index (χ3n) is 5.90. The minimum absolute atomic E-state index is 0.246. The Bertz CT molecular complexity index is 438. The first-order valence-electron chi connectivity index (χ1n) is 7.61. The van der Waals surface area contributed by atoms with E-state index in [0.29, 0.717) is 6.54 Å². The van der Waals surface area contributed by atoms with Crippen LogP contribution in [-0.2, 0) is 9.84 Å². The van der Waals surface area contributed by atoms with Gasteiger partial charge in [-0.25, -0.2) is 8.42 Å². The zero-order valence-electron chi connectivity index (χ0n) is 11.8. The molecule has 5 heteroatoms. The Morgan fingerprint density at radius 1 is 1.16 bits per heavy atom. The van der Waals surface area contributed by atoms with Gasteiger partial charge in [0.1, 0.15) is 0 Å². The molecule has 110 valence electrons. The summed E-state index contributed by atoms with van der Waals surface area (Å²) in [6.07, 6.45) is 8.15. The Labute approximate surface area is 116 Å². The molecule has 4 atom stereocenters. The molecule has 0 spiro atoms. The monoisotopic (exact) mass is 286 g/mol. The summed E-state index contributed by atoms with van der Waals surface area (Å²) in [6.45, 7) is 2.64. The number of rotatable bonds is 3. The van der Waals surface area contributed by atoms with Crippen molar-refractivity contribution < 1.29 is 8.42 Å². The molecule has 3 fully saturated rings. The Morgan fingerprint density at radius 3 is 2.32 bits per heavy atom. The quantitative estimate of drug-likeness (QED) is 0.841. The maximum Gasteiger partial charge on any atom is 0.152 e. The van der Waals surface area contributed by atoms with Gasteiger partial charge in [-0.05, 0) is 37.5 Å². The van der Waals surface area contributed by atoms with Crippen LogP contribution in [0.4, 0.5) is 0 Å². The topological polar surface area (TPSA) is 63.4 Å². The first kappa shape index (κ1) is 13.8. The van der Waals surface area contributed by atoms with Crippen molar-refractivity contribution in [3.05, 3.63) is 0 Å². The minimum atomic E-state index is -3.01. The predicted molar refractivity (Wildman–Crippen MR) is 76.7 cm³/mol. The Kier molecular flexibility index (Phi) is 3.43. The van der Waals surface area contributed by atoms with Crippen molar-refractivity contribution in [3.8, 4) is 0 Å². The molecule has 3 aliphatic rings. The van der Waals surface area contributed by atoms with Crippen molar-refractivity contribution in [2.45, 2.75) is 49.3 Å². The van der Waals surface area contributed by atoms with E-state index in [4.69, 9.17) is 5.73 Å². The van der Waals surface area contributed by atoms with E-state index < -0.39 is 9.84 Å². The number of likely N-dealkylation sites (tertiary alicyclic amines) is 1. The molecular weight excluding hydrogens is 260 g/mol. The van der Waals surface area contributed by atoms with Crippen molar-refractivity contribution in [1.29, 1.82) is 0 Å². The van der Waals surface area contributed by atoms with Gasteiger partial charge in [-0.3, -0.25) is 4.90 Å². The molecule has 4 unspecified atom stereocenters. The third-order valence-corrected chi connectivity index (χ3v) is 7.61. The summed E-state index contributed by atoms with van der Waals surface area (Å²) in [4.78, 5) is 2.46. The van der Waals surface area contributed by atoms with Crippen LogP contribution in [0.15, 0.2) is 0 Å². The molecule has 3 rings (SSSR count). The van der Waals surface area contributed by atoms with E-state index in [1.807, 2.05) is 0 Å². The van der Waals surface area contributed by atoms with E-state index in [9.17, 15) is 8.42 Å². The summed E-state index contributed by atoms with van der Waals surface area (Å²) < 4.78 is 24.3. The predicted octanol–water partition coefficient (Wildman–Crippen LogP) is 1.01. The van der Waals surface area contributed by atoms with Gasteiger partial charge in [-0.1, -0.05) is 12.8 Å². The average molecular weight is 286 g/mol. The molecule has 0 aromatic carbocycles. The Morgan fingerprint density at radius 2 is 1.79 bits per heavy atom. The van der Waals surface area contributed by atoms with Crippen molar-refractivity contribution >= 4 is 9.84 Å². The van der Waals surface area contributed by atoms with E-state index >= 15 is 0 Å². The Balaban J connectivity index is 1.87. The van der Waals surface area contributed by atoms with Crippen molar-refractivity contribution in [2.24, 2.45) is 17.6 Å². The van der Waals surface area contributed by atoms with Gasteiger partial charge in [0.2, 0.25) is 0 Å². The number of sulfone groups is 1. The lowest BCUT2D eigenvalue weighted by Crippen LogP contribution is -2.60. The molecule has 1 aliphatic heterocycles. The molecule has 1 saturated heterocycles. The summed E-state index contributed by atoms with van der Waals surface area (Å²) in [5.74, 6) is 1.59. The zero-order chi connectivity index (χ0) is 13.7. The van der Waals surface area contributed by atoms with Gasteiger partial charge in [0.15, 0.2) is 9.84 Å². The number of fused-ring (bicyclic) bond motifs is 1. The molecule has 0 bridgehead atoms. The summed E-state index contributed by atoms with van der Waals surface area (Å²) >= 11 is 0. The van der Waals surface area contributed by atoms with E-state index in [1.165, 1.54) is 25.5 Å². The van der Waals surface area contributed by atoms with Crippen LogP contribution in [0.1, 0.15) is 38.5 Å². The van der Waals surface area contributed by atoms with Gasteiger partial charge < -0.3 is 5.73 Å². The molecule has 0 aromatic rings. The lowest BCUT2D eigenvalue weighted by Gasteiger charge is -2.42. The maximum absolute atomic E-state index is 12.1. The van der Waals surface area contributed by atoms with Crippen LogP contribution in [0.3, 0.4) is 0 Å². The van der Waals surface area contributed by atoms with Gasteiger partial charge in [0.05, 0.1) is 5.25 Å². The molecule has 2 N–H and O–H groups in total. The van der Waals surface area contributed by atoms with Crippen LogP contribution in [-0.4, -0.2) is 50.0 Å². The van der Waals surface area contributed by atoms with Crippen LogP contribution < -0.4 is 5.73 Å². The molecular formula is C14H26N2O2S. The number of hydrogen-bond donors (Lipinski definition) is 1. The molecule has 0 radical (unpaired) electrons. The largest absolute Gasteiger partial charge is 0.329 e. The molecule has 19 heavy (non-hydrogen) atoms. The minimum Gasteiger partial charge on any atom is -0.329 e. The highest BCUT2D eigenvalue weighted by Crippen LogP contribution is 2.46. The van der Waals surface area contributed by atoms with Crippen molar-refractivity contribution in [1.82, 2.24) is 4.90 Å². The van der Waals surface area contributed by atoms with Gasteiger partial charge in [-0.15, -0.1) is 0 Å². The standard InChI is InChI=1S/C14H26N2O2S/c1-19(17,18)13-6-3-7-14(13,10-15)16-8-11-4-2-5-12(11)9-16/h11-13H,2-10,15H2,1H3. The van der Waals surface area contributed by atoms with Gasteiger partial charge in [-0.2, -0.15) is 0 Å². The van der Waals surface area contributed by atoms with Crippen molar-refractivity contribution in [3.63, 3.8) is 0 Å². The van der Waals surface area contributed by atoms with Crippen molar-refractivity contribution in [2.75, 3.05) is 25.9 Å². The highest BCUT2D eigenvalue weighted by atomic mass is 32.2. The first-order valence-corrected chi connectivity index (χ1v) is 9.57. The van der Waals surface area contributed by atoms with E-state index in [2.05, 4.69) is 4.90 Å². The molecule has 0 aromatic heterocycles. The average Bonchev–Trinajstić information content (AvgIpc) is 3.00. The summed E-state index contributed by atoms with van der Waals surface area (Å²) in [5, 5.41) is -0.246. The summed E-state index contributed by atoms with van der Waals surface area (Å²) in [7, 11) is -3.01. The van der Waals surface area contributed by atoms with Gasteiger partial charge in [0.25, 0.3) is 0 Å². The molecule has 1 heterocycles. The molecule has 2 saturated carbocycles. The summed E-state index contributed by atoms with van der Waals surface area (Å²) in [6, 6.07) is 0.